The summed E-state index contributed by atoms with van der Waals surface area (Å²) in [6.07, 6.45) is 2.71. The number of hydrogen-bond acceptors (Lipinski definition) is 5. The number of nitrogens with zero attached hydrogens (tertiary/aromatic N) is 1. The van der Waals surface area contributed by atoms with Gasteiger partial charge in [0, 0.05) is 17.3 Å². The van der Waals surface area contributed by atoms with Crippen LogP contribution in [0.5, 0.6) is 5.75 Å². The number of aromatic nitrogens is 1. The number of benzene rings is 1. The fourth-order valence-corrected chi connectivity index (χ4v) is 3.41. The van der Waals surface area contributed by atoms with Crippen molar-refractivity contribution in [2.45, 2.75) is 14.8 Å². The molecule has 6 heteroatoms. The van der Waals surface area contributed by atoms with Crippen LogP contribution in [-0.4, -0.2) is 24.8 Å². The Morgan fingerprint density at radius 3 is 2.44 bits per heavy atom. The van der Waals surface area contributed by atoms with Gasteiger partial charge in [0.2, 0.25) is 0 Å². The summed E-state index contributed by atoms with van der Waals surface area (Å²) in [4.78, 5) is 5.11. The van der Waals surface area contributed by atoms with Gasteiger partial charge in [-0.2, -0.15) is 0 Å². The van der Waals surface area contributed by atoms with E-state index in [0.717, 1.165) is 11.2 Å². The van der Waals surface area contributed by atoms with E-state index in [-0.39, 0.29) is 10.6 Å². The van der Waals surface area contributed by atoms with Crippen LogP contribution in [0.15, 0.2) is 57.4 Å². The normalized spacial score (nSPS) is 11.4. The SMILES string of the molecule is CS(=O)(=O)c1cccnc1Sc1ccc(O)cc1. The second kappa shape index (κ2) is 4.99. The van der Waals surface area contributed by atoms with E-state index in [1.165, 1.54) is 17.8 Å². The van der Waals surface area contributed by atoms with Crippen LogP contribution in [0.1, 0.15) is 0 Å². The van der Waals surface area contributed by atoms with Crippen LogP contribution in [0.2, 0.25) is 0 Å². The Labute approximate surface area is 110 Å². The molecule has 0 amide bonds. The van der Waals surface area contributed by atoms with Gasteiger partial charge >= 0.3 is 0 Å². The third-order valence-corrected chi connectivity index (χ3v) is 4.47. The fraction of sp³-hybridized carbons (Fsp3) is 0.0833. The summed E-state index contributed by atoms with van der Waals surface area (Å²) >= 11 is 1.25. The lowest BCUT2D eigenvalue weighted by Crippen LogP contribution is -2.00. The molecule has 1 N–H and O–H groups in total. The zero-order valence-electron chi connectivity index (χ0n) is 9.57. The summed E-state index contributed by atoms with van der Waals surface area (Å²) in [6, 6.07) is 9.64. The van der Waals surface area contributed by atoms with Crippen LogP contribution in [-0.2, 0) is 9.84 Å². The highest BCUT2D eigenvalue weighted by molar-refractivity contribution is 8.00. The molecule has 18 heavy (non-hydrogen) atoms. The molecule has 0 fully saturated rings. The quantitative estimate of drug-likeness (QED) is 0.935. The van der Waals surface area contributed by atoms with E-state index in [2.05, 4.69) is 4.98 Å². The maximum Gasteiger partial charge on any atom is 0.178 e. The van der Waals surface area contributed by atoms with Crippen molar-refractivity contribution in [3.05, 3.63) is 42.6 Å². The van der Waals surface area contributed by atoms with E-state index in [9.17, 15) is 13.5 Å². The van der Waals surface area contributed by atoms with Crippen LogP contribution < -0.4 is 0 Å². The van der Waals surface area contributed by atoms with Crippen LogP contribution in [0.3, 0.4) is 0 Å². The van der Waals surface area contributed by atoms with Gasteiger partial charge in [-0.15, -0.1) is 0 Å². The molecule has 0 bridgehead atoms. The van der Waals surface area contributed by atoms with Gasteiger partial charge in [0.1, 0.15) is 10.8 Å². The van der Waals surface area contributed by atoms with Crippen LogP contribution >= 0.6 is 11.8 Å². The van der Waals surface area contributed by atoms with Crippen molar-refractivity contribution in [1.29, 1.82) is 0 Å². The standard InChI is InChI=1S/C12H11NO3S2/c1-18(15,16)11-3-2-8-13-12(11)17-10-6-4-9(14)5-7-10/h2-8,14H,1H3. The number of aromatic hydroxyl groups is 1. The lowest BCUT2D eigenvalue weighted by atomic mass is 10.3. The number of phenols is 1. The van der Waals surface area contributed by atoms with Crippen molar-refractivity contribution in [1.82, 2.24) is 4.98 Å². The van der Waals surface area contributed by atoms with E-state index in [4.69, 9.17) is 0 Å². The number of sulfone groups is 1. The molecule has 0 radical (unpaired) electrons. The Hall–Kier alpha value is -1.53. The predicted molar refractivity (Wildman–Crippen MR) is 69.6 cm³/mol. The summed E-state index contributed by atoms with van der Waals surface area (Å²) < 4.78 is 23.2. The summed E-state index contributed by atoms with van der Waals surface area (Å²) in [5.74, 6) is 0.170. The monoisotopic (exact) mass is 281 g/mol. The van der Waals surface area contributed by atoms with Gasteiger partial charge in [-0.3, -0.25) is 0 Å². The molecule has 94 valence electrons. The lowest BCUT2D eigenvalue weighted by molar-refractivity contribution is 0.475. The molecule has 0 spiro atoms. The first-order valence-electron chi connectivity index (χ1n) is 5.09. The number of hydrogen-bond donors (Lipinski definition) is 1. The van der Waals surface area contributed by atoms with Crippen LogP contribution in [0.25, 0.3) is 0 Å². The highest BCUT2D eigenvalue weighted by Crippen LogP contribution is 2.31. The van der Waals surface area contributed by atoms with E-state index in [0.29, 0.717) is 5.03 Å². The fourth-order valence-electron chi connectivity index (χ4n) is 1.36. The first-order valence-corrected chi connectivity index (χ1v) is 7.79. The Balaban J connectivity index is 2.38. The van der Waals surface area contributed by atoms with Crippen molar-refractivity contribution in [3.8, 4) is 5.75 Å². The summed E-state index contributed by atoms with van der Waals surface area (Å²) in [5.41, 5.74) is 0. The van der Waals surface area contributed by atoms with Crippen LogP contribution in [0, 0.1) is 0 Å². The predicted octanol–water partition coefficient (Wildman–Crippen LogP) is 2.34. The lowest BCUT2D eigenvalue weighted by Gasteiger charge is -2.06. The third-order valence-electron chi connectivity index (χ3n) is 2.19. The summed E-state index contributed by atoms with van der Waals surface area (Å²) in [6.45, 7) is 0. The van der Waals surface area contributed by atoms with E-state index < -0.39 is 9.84 Å². The van der Waals surface area contributed by atoms with Crippen molar-refractivity contribution in [2.24, 2.45) is 0 Å². The smallest absolute Gasteiger partial charge is 0.178 e. The molecule has 0 unspecified atom stereocenters. The minimum absolute atomic E-state index is 0.170. The molecule has 0 saturated heterocycles. The van der Waals surface area contributed by atoms with Gasteiger partial charge < -0.3 is 5.11 Å². The highest BCUT2D eigenvalue weighted by Gasteiger charge is 2.14. The molecule has 2 aromatic rings. The van der Waals surface area contributed by atoms with E-state index in [1.807, 2.05) is 0 Å². The largest absolute Gasteiger partial charge is 0.508 e. The van der Waals surface area contributed by atoms with Crippen molar-refractivity contribution >= 4 is 21.6 Å². The maximum atomic E-state index is 11.6. The van der Waals surface area contributed by atoms with Gasteiger partial charge in [0.15, 0.2) is 9.84 Å². The first-order chi connectivity index (χ1) is 8.47. The second-order valence-electron chi connectivity index (χ2n) is 3.67. The average molecular weight is 281 g/mol. The summed E-state index contributed by atoms with van der Waals surface area (Å²) in [7, 11) is -3.29. The molecule has 0 atom stereocenters. The highest BCUT2D eigenvalue weighted by atomic mass is 32.2. The minimum atomic E-state index is -3.29. The molecule has 0 aliphatic rings. The van der Waals surface area contributed by atoms with Crippen molar-refractivity contribution in [2.75, 3.05) is 6.26 Å². The number of pyridine rings is 1. The number of phenolic OH excluding ortho intramolecular Hbond substituents is 1. The Bertz CT molecular complexity index is 651. The second-order valence-corrected chi connectivity index (χ2v) is 6.72. The Morgan fingerprint density at radius 1 is 1.17 bits per heavy atom. The maximum absolute atomic E-state index is 11.6. The molecule has 0 aliphatic heterocycles. The summed E-state index contributed by atoms with van der Waals surface area (Å²) in [5, 5.41) is 9.62. The molecule has 0 aliphatic carbocycles. The van der Waals surface area contributed by atoms with Gasteiger partial charge in [-0.1, -0.05) is 11.8 Å². The third kappa shape index (κ3) is 3.02. The van der Waals surface area contributed by atoms with Crippen molar-refractivity contribution < 1.29 is 13.5 Å². The van der Waals surface area contributed by atoms with Gasteiger partial charge in [-0.25, -0.2) is 13.4 Å². The molecular weight excluding hydrogens is 270 g/mol. The molecule has 1 aromatic carbocycles. The Kier molecular flexibility index (Phi) is 3.58. The average Bonchev–Trinajstić information content (AvgIpc) is 2.31. The van der Waals surface area contributed by atoms with Gasteiger partial charge in [-0.05, 0) is 36.4 Å². The van der Waals surface area contributed by atoms with Gasteiger partial charge in [0.25, 0.3) is 0 Å². The number of rotatable bonds is 3. The van der Waals surface area contributed by atoms with Crippen molar-refractivity contribution in [3.63, 3.8) is 0 Å². The van der Waals surface area contributed by atoms with Crippen LogP contribution in [0.4, 0.5) is 0 Å². The molecule has 0 saturated carbocycles. The molecule has 1 heterocycles. The first kappa shape index (κ1) is 12.9. The zero-order valence-corrected chi connectivity index (χ0v) is 11.2. The molecular formula is C12H11NO3S2. The molecule has 1 aromatic heterocycles. The minimum Gasteiger partial charge on any atom is -0.508 e. The van der Waals surface area contributed by atoms with E-state index in [1.54, 1.807) is 36.5 Å². The van der Waals surface area contributed by atoms with E-state index >= 15 is 0 Å². The topological polar surface area (TPSA) is 67.3 Å². The molecule has 4 nitrogen and oxygen atoms in total. The Morgan fingerprint density at radius 2 is 1.83 bits per heavy atom. The van der Waals surface area contributed by atoms with Gasteiger partial charge in [0.05, 0.1) is 4.90 Å². The molecule has 2 rings (SSSR count). The zero-order chi connectivity index (χ0) is 13.2.